The van der Waals surface area contributed by atoms with E-state index in [0.717, 1.165) is 61.9 Å². The molecule has 1 aliphatic carbocycles. The summed E-state index contributed by atoms with van der Waals surface area (Å²) in [5.41, 5.74) is 4.46. The van der Waals surface area contributed by atoms with Gasteiger partial charge in [-0.15, -0.1) is 0 Å². The first-order valence-corrected chi connectivity index (χ1v) is 11.7. The second kappa shape index (κ2) is 9.13. The Morgan fingerprint density at radius 1 is 1.09 bits per heavy atom. The Morgan fingerprint density at radius 2 is 1.91 bits per heavy atom. The third kappa shape index (κ3) is 4.25. The molecule has 0 saturated carbocycles. The van der Waals surface area contributed by atoms with Crippen molar-refractivity contribution in [3.63, 3.8) is 0 Å². The Kier molecular flexibility index (Phi) is 5.90. The van der Waals surface area contributed by atoms with Crippen LogP contribution in [0.4, 0.5) is 5.69 Å². The van der Waals surface area contributed by atoms with E-state index in [1.807, 2.05) is 42.2 Å². The summed E-state index contributed by atoms with van der Waals surface area (Å²) < 4.78 is 0. The Labute approximate surface area is 192 Å². The zero-order chi connectivity index (χ0) is 22.8. The molecule has 1 aromatic carbocycles. The summed E-state index contributed by atoms with van der Waals surface area (Å²) in [6.07, 6.45) is 8.39. The van der Waals surface area contributed by atoms with Crippen LogP contribution in [0, 0.1) is 6.92 Å². The average molecular weight is 445 g/mol. The van der Waals surface area contributed by atoms with E-state index in [2.05, 4.69) is 25.5 Å². The molecule has 33 heavy (non-hydrogen) atoms. The van der Waals surface area contributed by atoms with Crippen LogP contribution in [0.2, 0.25) is 0 Å². The fourth-order valence-corrected chi connectivity index (χ4v) is 4.83. The van der Waals surface area contributed by atoms with Gasteiger partial charge in [-0.25, -0.2) is 9.97 Å². The van der Waals surface area contributed by atoms with Crippen molar-refractivity contribution in [3.8, 4) is 0 Å². The largest absolute Gasteiger partial charge is 0.327 e. The van der Waals surface area contributed by atoms with Crippen LogP contribution in [-0.2, 0) is 12.8 Å². The molecule has 5 rings (SSSR count). The number of aromatic nitrogens is 4. The number of anilines is 1. The Bertz CT molecular complexity index is 1170. The van der Waals surface area contributed by atoms with Gasteiger partial charge in [-0.1, -0.05) is 18.2 Å². The van der Waals surface area contributed by atoms with Gasteiger partial charge in [0.1, 0.15) is 0 Å². The predicted molar refractivity (Wildman–Crippen MR) is 124 cm³/mol. The van der Waals surface area contributed by atoms with Gasteiger partial charge in [-0.3, -0.25) is 14.7 Å². The van der Waals surface area contributed by atoms with Crippen LogP contribution >= 0.6 is 0 Å². The SMILES string of the molecule is Cc1nc(C2CCCCN2C(=O)c2n[nH]c3c2CCCC3)ncc1C(=O)Nc1ccccc1. The molecule has 1 saturated heterocycles. The van der Waals surface area contributed by atoms with E-state index in [-0.39, 0.29) is 17.9 Å². The zero-order valence-corrected chi connectivity index (χ0v) is 18.8. The number of piperidine rings is 1. The number of nitrogens with zero attached hydrogens (tertiary/aromatic N) is 4. The summed E-state index contributed by atoms with van der Waals surface area (Å²) in [4.78, 5) is 37.3. The molecule has 2 aliphatic rings. The summed E-state index contributed by atoms with van der Waals surface area (Å²) in [5.74, 6) is 0.289. The normalized spacial score (nSPS) is 18.0. The Balaban J connectivity index is 1.38. The summed E-state index contributed by atoms with van der Waals surface area (Å²) in [7, 11) is 0. The minimum Gasteiger partial charge on any atom is -0.327 e. The first-order valence-electron chi connectivity index (χ1n) is 11.7. The fourth-order valence-electron chi connectivity index (χ4n) is 4.83. The van der Waals surface area contributed by atoms with Crippen molar-refractivity contribution < 1.29 is 9.59 Å². The molecule has 2 amide bonds. The van der Waals surface area contributed by atoms with Crippen molar-refractivity contribution in [1.29, 1.82) is 0 Å². The topological polar surface area (TPSA) is 104 Å². The van der Waals surface area contributed by atoms with Gasteiger partial charge in [0.25, 0.3) is 11.8 Å². The van der Waals surface area contributed by atoms with E-state index < -0.39 is 0 Å². The molecule has 170 valence electrons. The van der Waals surface area contributed by atoms with Gasteiger partial charge in [-0.2, -0.15) is 5.10 Å². The molecular weight excluding hydrogens is 416 g/mol. The first kappa shape index (κ1) is 21.3. The second-order valence-electron chi connectivity index (χ2n) is 8.79. The number of carbonyl (C=O) groups excluding carboxylic acids is 2. The van der Waals surface area contributed by atoms with E-state index in [0.29, 0.717) is 29.3 Å². The van der Waals surface area contributed by atoms with Crippen molar-refractivity contribution in [2.75, 3.05) is 11.9 Å². The third-order valence-electron chi connectivity index (χ3n) is 6.59. The molecule has 1 unspecified atom stereocenters. The van der Waals surface area contributed by atoms with Crippen molar-refractivity contribution in [1.82, 2.24) is 25.1 Å². The number of para-hydroxylation sites is 1. The second-order valence-corrected chi connectivity index (χ2v) is 8.79. The van der Waals surface area contributed by atoms with Crippen LogP contribution in [0.25, 0.3) is 0 Å². The van der Waals surface area contributed by atoms with Crippen LogP contribution in [0.5, 0.6) is 0 Å². The maximum atomic E-state index is 13.5. The molecule has 1 aliphatic heterocycles. The number of aryl methyl sites for hydroxylation is 2. The molecule has 0 radical (unpaired) electrons. The maximum Gasteiger partial charge on any atom is 0.275 e. The molecule has 0 bridgehead atoms. The first-order chi connectivity index (χ1) is 16.1. The number of amides is 2. The van der Waals surface area contributed by atoms with Crippen LogP contribution in [0.1, 0.15) is 81.8 Å². The molecule has 8 heteroatoms. The standard InChI is InChI=1S/C25H28N6O2/c1-16-19(24(32)28-17-9-3-2-4-10-17)15-26-23(27-16)21-13-7-8-14-31(21)25(33)22-18-11-5-6-12-20(18)29-30-22/h2-4,9-10,15,21H,5-8,11-14H2,1H3,(H,28,32)(H,29,30). The van der Waals surface area contributed by atoms with Gasteiger partial charge < -0.3 is 10.2 Å². The quantitative estimate of drug-likeness (QED) is 0.633. The highest BCUT2D eigenvalue weighted by molar-refractivity contribution is 6.04. The smallest absolute Gasteiger partial charge is 0.275 e. The molecule has 3 heterocycles. The molecule has 8 nitrogen and oxygen atoms in total. The van der Waals surface area contributed by atoms with Crippen molar-refractivity contribution in [2.45, 2.75) is 57.9 Å². The highest BCUT2D eigenvalue weighted by Gasteiger charge is 2.34. The van der Waals surface area contributed by atoms with E-state index in [9.17, 15) is 9.59 Å². The number of carbonyl (C=O) groups is 2. The van der Waals surface area contributed by atoms with E-state index in [1.54, 1.807) is 6.20 Å². The van der Waals surface area contributed by atoms with Crippen molar-refractivity contribution in [2.24, 2.45) is 0 Å². The van der Waals surface area contributed by atoms with E-state index in [1.165, 1.54) is 0 Å². The number of rotatable bonds is 4. The summed E-state index contributed by atoms with van der Waals surface area (Å²) in [6, 6.07) is 9.09. The van der Waals surface area contributed by atoms with Gasteiger partial charge in [-0.05, 0) is 64.0 Å². The maximum absolute atomic E-state index is 13.5. The molecule has 3 aromatic rings. The lowest BCUT2D eigenvalue weighted by Gasteiger charge is -2.34. The van der Waals surface area contributed by atoms with Gasteiger partial charge in [0.15, 0.2) is 11.5 Å². The average Bonchev–Trinajstić information content (AvgIpc) is 3.28. The van der Waals surface area contributed by atoms with E-state index >= 15 is 0 Å². The summed E-state index contributed by atoms with van der Waals surface area (Å²) in [5, 5.41) is 10.3. The number of benzene rings is 1. The molecule has 0 spiro atoms. The number of fused-ring (bicyclic) bond motifs is 1. The highest BCUT2D eigenvalue weighted by atomic mass is 16.2. The molecule has 2 N–H and O–H groups in total. The van der Waals surface area contributed by atoms with Gasteiger partial charge in [0.2, 0.25) is 0 Å². The highest BCUT2D eigenvalue weighted by Crippen LogP contribution is 2.32. The minimum atomic E-state index is -0.245. The number of likely N-dealkylation sites (tertiary alicyclic amines) is 1. The van der Waals surface area contributed by atoms with Crippen molar-refractivity contribution in [3.05, 3.63) is 70.6 Å². The summed E-state index contributed by atoms with van der Waals surface area (Å²) >= 11 is 0. The molecule has 1 atom stereocenters. The van der Waals surface area contributed by atoms with Crippen LogP contribution in [-0.4, -0.2) is 43.4 Å². The lowest BCUT2D eigenvalue weighted by molar-refractivity contribution is 0.0591. The third-order valence-corrected chi connectivity index (χ3v) is 6.59. The number of hydrogen-bond acceptors (Lipinski definition) is 5. The summed E-state index contributed by atoms with van der Waals surface area (Å²) in [6.45, 7) is 2.47. The number of aromatic amines is 1. The Morgan fingerprint density at radius 3 is 2.73 bits per heavy atom. The minimum absolute atomic E-state index is 0.0498. The van der Waals surface area contributed by atoms with Crippen molar-refractivity contribution >= 4 is 17.5 Å². The lowest BCUT2D eigenvalue weighted by Crippen LogP contribution is -2.40. The van der Waals surface area contributed by atoms with Crippen LogP contribution < -0.4 is 5.32 Å². The fraction of sp³-hybridized carbons (Fsp3) is 0.400. The Hall–Kier alpha value is -3.55. The lowest BCUT2D eigenvalue weighted by atomic mass is 9.94. The number of hydrogen-bond donors (Lipinski definition) is 2. The van der Waals surface area contributed by atoms with Gasteiger partial charge >= 0.3 is 0 Å². The van der Waals surface area contributed by atoms with Gasteiger partial charge in [0.05, 0.1) is 17.3 Å². The predicted octanol–water partition coefficient (Wildman–Crippen LogP) is 4.01. The molecular formula is C25H28N6O2. The zero-order valence-electron chi connectivity index (χ0n) is 18.8. The monoisotopic (exact) mass is 444 g/mol. The number of nitrogens with one attached hydrogen (secondary N) is 2. The van der Waals surface area contributed by atoms with Crippen LogP contribution in [0.3, 0.4) is 0 Å². The molecule has 1 fully saturated rings. The molecule has 2 aromatic heterocycles. The van der Waals surface area contributed by atoms with Crippen LogP contribution in [0.15, 0.2) is 36.5 Å². The van der Waals surface area contributed by atoms with Gasteiger partial charge in [0, 0.05) is 29.7 Å². The van der Waals surface area contributed by atoms with E-state index in [4.69, 9.17) is 0 Å². The number of H-pyrrole nitrogens is 1.